The molecule has 0 fully saturated rings. The Labute approximate surface area is 158 Å². The van der Waals surface area contributed by atoms with Crippen LogP contribution in [0.25, 0.3) is 0 Å². The van der Waals surface area contributed by atoms with Crippen molar-refractivity contribution in [2.45, 2.75) is 40.7 Å². The highest BCUT2D eigenvalue weighted by molar-refractivity contribution is 6.00. The third kappa shape index (κ3) is 4.19. The normalized spacial score (nSPS) is 11.6. The fraction of sp³-hybridized carbons (Fsp3) is 0.350. The van der Waals surface area contributed by atoms with Gasteiger partial charge in [-0.25, -0.2) is 9.59 Å². The molecule has 0 aliphatic rings. The highest BCUT2D eigenvalue weighted by atomic mass is 16.5. The van der Waals surface area contributed by atoms with Gasteiger partial charge in [0.15, 0.2) is 6.10 Å². The number of nitrogens with one attached hydrogen (secondary N) is 2. The van der Waals surface area contributed by atoms with Crippen molar-refractivity contribution in [1.29, 1.82) is 0 Å². The second-order valence-corrected chi connectivity index (χ2v) is 6.42. The highest BCUT2D eigenvalue weighted by Crippen LogP contribution is 2.22. The molecule has 0 saturated heterocycles. The maximum atomic E-state index is 12.5. The molecule has 1 aromatic carbocycles. The number of para-hydroxylation sites is 1. The lowest BCUT2D eigenvalue weighted by Crippen LogP contribution is -2.30. The fourth-order valence-electron chi connectivity index (χ4n) is 2.87. The van der Waals surface area contributed by atoms with Crippen LogP contribution in [0.1, 0.15) is 50.2 Å². The molecule has 0 bridgehead atoms. The van der Waals surface area contributed by atoms with E-state index in [0.29, 0.717) is 16.9 Å². The Kier molecular flexibility index (Phi) is 6.05. The lowest BCUT2D eigenvalue weighted by atomic mass is 10.1. The Morgan fingerprint density at radius 1 is 1.04 bits per heavy atom. The molecule has 1 amide bonds. The molecule has 0 saturated carbocycles. The predicted molar refractivity (Wildman–Crippen MR) is 101 cm³/mol. The first-order valence-electron chi connectivity index (χ1n) is 8.52. The minimum Gasteiger partial charge on any atom is -0.465 e. The van der Waals surface area contributed by atoms with Crippen LogP contribution in [-0.4, -0.2) is 36.0 Å². The van der Waals surface area contributed by atoms with Crippen molar-refractivity contribution in [3.05, 3.63) is 51.8 Å². The van der Waals surface area contributed by atoms with E-state index in [1.807, 2.05) is 32.0 Å². The van der Waals surface area contributed by atoms with Crippen molar-refractivity contribution in [3.8, 4) is 0 Å². The monoisotopic (exact) mass is 372 g/mol. The molecule has 1 aromatic heterocycles. The molecule has 1 unspecified atom stereocenters. The van der Waals surface area contributed by atoms with E-state index in [0.717, 1.165) is 11.1 Å². The van der Waals surface area contributed by atoms with E-state index >= 15 is 0 Å². The molecule has 1 heterocycles. The largest absolute Gasteiger partial charge is 0.465 e. The number of hydrogen-bond donors (Lipinski definition) is 2. The highest BCUT2D eigenvalue weighted by Gasteiger charge is 2.26. The van der Waals surface area contributed by atoms with Crippen LogP contribution in [-0.2, 0) is 14.3 Å². The van der Waals surface area contributed by atoms with Crippen LogP contribution in [0.2, 0.25) is 0 Å². The summed E-state index contributed by atoms with van der Waals surface area (Å²) >= 11 is 0. The van der Waals surface area contributed by atoms with E-state index < -0.39 is 23.9 Å². The number of methoxy groups -OCH3 is 1. The minimum absolute atomic E-state index is 0.125. The SMILES string of the molecule is COC(=O)c1c(C)[nH]c(C(=O)OC(C)C(=O)Nc2c(C)cccc2C)c1C. The quantitative estimate of drug-likeness (QED) is 0.786. The molecule has 2 N–H and O–H groups in total. The van der Waals surface area contributed by atoms with Crippen LogP contribution in [0, 0.1) is 27.7 Å². The van der Waals surface area contributed by atoms with Gasteiger partial charge >= 0.3 is 11.9 Å². The number of aromatic nitrogens is 1. The molecular weight excluding hydrogens is 348 g/mol. The van der Waals surface area contributed by atoms with Gasteiger partial charge < -0.3 is 19.8 Å². The molecule has 144 valence electrons. The Hall–Kier alpha value is -3.09. The average molecular weight is 372 g/mol. The maximum absolute atomic E-state index is 12.5. The summed E-state index contributed by atoms with van der Waals surface area (Å²) in [6.07, 6.45) is -1.01. The Morgan fingerprint density at radius 2 is 1.63 bits per heavy atom. The number of rotatable bonds is 5. The molecule has 2 rings (SSSR count). The van der Waals surface area contributed by atoms with Crippen molar-refractivity contribution < 1.29 is 23.9 Å². The summed E-state index contributed by atoms with van der Waals surface area (Å²) in [5.74, 6) is -1.69. The Balaban J connectivity index is 2.14. The summed E-state index contributed by atoms with van der Waals surface area (Å²) in [6, 6.07) is 5.68. The first-order chi connectivity index (χ1) is 12.7. The van der Waals surface area contributed by atoms with Crippen LogP contribution in [0.3, 0.4) is 0 Å². The minimum atomic E-state index is -1.01. The maximum Gasteiger partial charge on any atom is 0.355 e. The van der Waals surface area contributed by atoms with Gasteiger partial charge in [0.05, 0.1) is 12.7 Å². The third-order valence-electron chi connectivity index (χ3n) is 4.41. The van der Waals surface area contributed by atoms with E-state index in [2.05, 4.69) is 10.3 Å². The van der Waals surface area contributed by atoms with E-state index in [9.17, 15) is 14.4 Å². The number of anilines is 1. The third-order valence-corrected chi connectivity index (χ3v) is 4.41. The van der Waals surface area contributed by atoms with Gasteiger partial charge in [-0.3, -0.25) is 4.79 Å². The first-order valence-corrected chi connectivity index (χ1v) is 8.52. The molecule has 0 aliphatic carbocycles. The van der Waals surface area contributed by atoms with E-state index in [-0.39, 0.29) is 11.3 Å². The fourth-order valence-corrected chi connectivity index (χ4v) is 2.87. The average Bonchev–Trinajstić information content (AvgIpc) is 2.91. The number of aromatic amines is 1. The smallest absolute Gasteiger partial charge is 0.355 e. The molecule has 27 heavy (non-hydrogen) atoms. The predicted octanol–water partition coefficient (Wildman–Crippen LogP) is 3.22. The standard InChI is InChI=1S/C20H24N2O5/c1-10-8-7-9-11(2)16(10)22-18(23)14(5)27-20(25)17-12(3)15(13(4)21-17)19(24)26-6/h7-9,14,21H,1-6H3,(H,22,23). The zero-order chi connectivity index (χ0) is 20.3. The van der Waals surface area contributed by atoms with Gasteiger partial charge in [-0.15, -0.1) is 0 Å². The number of carbonyl (C=O) groups is 3. The summed E-state index contributed by atoms with van der Waals surface area (Å²) < 4.78 is 10.0. The van der Waals surface area contributed by atoms with Gasteiger partial charge in [0.1, 0.15) is 5.69 Å². The lowest BCUT2D eigenvalue weighted by Gasteiger charge is -2.16. The van der Waals surface area contributed by atoms with Gasteiger partial charge in [-0.1, -0.05) is 18.2 Å². The molecule has 1 atom stereocenters. The summed E-state index contributed by atoms with van der Waals surface area (Å²) in [6.45, 7) is 8.55. The molecule has 7 nitrogen and oxygen atoms in total. The van der Waals surface area contributed by atoms with Crippen LogP contribution < -0.4 is 5.32 Å². The van der Waals surface area contributed by atoms with Gasteiger partial charge in [0.25, 0.3) is 5.91 Å². The zero-order valence-corrected chi connectivity index (χ0v) is 16.4. The van der Waals surface area contributed by atoms with Gasteiger partial charge in [-0.2, -0.15) is 0 Å². The summed E-state index contributed by atoms with van der Waals surface area (Å²) in [7, 11) is 1.27. The van der Waals surface area contributed by atoms with Crippen LogP contribution in [0.15, 0.2) is 18.2 Å². The topological polar surface area (TPSA) is 97.5 Å². The number of hydrogen-bond acceptors (Lipinski definition) is 5. The van der Waals surface area contributed by atoms with Gasteiger partial charge in [0, 0.05) is 11.4 Å². The summed E-state index contributed by atoms with van der Waals surface area (Å²) in [5, 5.41) is 2.79. The second-order valence-electron chi connectivity index (χ2n) is 6.42. The molecule has 7 heteroatoms. The van der Waals surface area contributed by atoms with E-state index in [4.69, 9.17) is 9.47 Å². The Bertz CT molecular complexity index is 878. The van der Waals surface area contributed by atoms with E-state index in [1.54, 1.807) is 13.8 Å². The van der Waals surface area contributed by atoms with Crippen molar-refractivity contribution in [2.75, 3.05) is 12.4 Å². The zero-order valence-electron chi connectivity index (χ0n) is 16.4. The molecular formula is C20H24N2O5. The molecule has 0 aliphatic heterocycles. The van der Waals surface area contributed by atoms with Crippen LogP contribution in [0.5, 0.6) is 0 Å². The Morgan fingerprint density at radius 3 is 2.19 bits per heavy atom. The number of aryl methyl sites for hydroxylation is 3. The van der Waals surface area contributed by atoms with Gasteiger partial charge in [0.2, 0.25) is 0 Å². The van der Waals surface area contributed by atoms with Crippen LogP contribution >= 0.6 is 0 Å². The van der Waals surface area contributed by atoms with E-state index in [1.165, 1.54) is 14.0 Å². The molecule has 0 spiro atoms. The lowest BCUT2D eigenvalue weighted by molar-refractivity contribution is -0.123. The number of amides is 1. The number of H-pyrrole nitrogens is 1. The number of esters is 2. The molecule has 0 radical (unpaired) electrons. The number of benzene rings is 1. The second kappa shape index (κ2) is 8.07. The molecule has 2 aromatic rings. The summed E-state index contributed by atoms with van der Waals surface area (Å²) in [5.41, 5.74) is 3.87. The van der Waals surface area contributed by atoms with Gasteiger partial charge in [-0.05, 0) is 51.3 Å². The number of carbonyl (C=O) groups excluding carboxylic acids is 3. The van der Waals surface area contributed by atoms with Crippen molar-refractivity contribution in [3.63, 3.8) is 0 Å². The van der Waals surface area contributed by atoms with Crippen LogP contribution in [0.4, 0.5) is 5.69 Å². The summed E-state index contributed by atoms with van der Waals surface area (Å²) in [4.78, 5) is 39.5. The van der Waals surface area contributed by atoms with Crippen molar-refractivity contribution in [1.82, 2.24) is 4.98 Å². The number of ether oxygens (including phenoxy) is 2. The van der Waals surface area contributed by atoms with Crippen molar-refractivity contribution >= 4 is 23.5 Å². The van der Waals surface area contributed by atoms with Crippen molar-refractivity contribution in [2.24, 2.45) is 0 Å². The first kappa shape index (κ1) is 20.2.